The summed E-state index contributed by atoms with van der Waals surface area (Å²) in [7, 11) is 0. The SMILES string of the molecule is O=C(n1ccnn1)n1nnc(C(F)(F)C(F)(F)F)c1Cc1ccccc1. The normalized spacial score (nSPS) is 12.3. The Kier molecular flexibility index (Phi) is 4.26. The molecule has 3 aromatic rings. The molecule has 0 amide bonds. The Labute approximate surface area is 142 Å². The van der Waals surface area contributed by atoms with Gasteiger partial charge in [0.2, 0.25) is 0 Å². The van der Waals surface area contributed by atoms with Gasteiger partial charge in [0.1, 0.15) is 0 Å². The molecular weight excluding hydrogens is 363 g/mol. The van der Waals surface area contributed by atoms with Gasteiger partial charge in [-0.25, -0.2) is 4.79 Å². The topological polar surface area (TPSA) is 78.5 Å². The minimum atomic E-state index is -5.89. The molecule has 26 heavy (non-hydrogen) atoms. The van der Waals surface area contributed by atoms with Gasteiger partial charge in [0.25, 0.3) is 0 Å². The fourth-order valence-corrected chi connectivity index (χ4v) is 2.19. The van der Waals surface area contributed by atoms with Crippen LogP contribution in [-0.4, -0.2) is 42.2 Å². The van der Waals surface area contributed by atoms with Gasteiger partial charge < -0.3 is 0 Å². The summed E-state index contributed by atoms with van der Waals surface area (Å²) in [4.78, 5) is 12.3. The second kappa shape index (κ2) is 6.28. The number of hydrogen-bond acceptors (Lipinski definition) is 5. The van der Waals surface area contributed by atoms with Crippen LogP contribution in [0.5, 0.6) is 0 Å². The van der Waals surface area contributed by atoms with Gasteiger partial charge in [0.15, 0.2) is 5.69 Å². The summed E-state index contributed by atoms with van der Waals surface area (Å²) < 4.78 is 67.1. The van der Waals surface area contributed by atoms with Crippen molar-refractivity contribution >= 4 is 6.03 Å². The van der Waals surface area contributed by atoms with Gasteiger partial charge in [0.05, 0.1) is 18.1 Å². The minimum Gasteiger partial charge on any atom is -0.243 e. The number of hydrogen-bond donors (Lipinski definition) is 0. The third-order valence-corrected chi connectivity index (χ3v) is 3.43. The Bertz CT molecular complexity index is 904. The van der Waals surface area contributed by atoms with Crippen molar-refractivity contribution < 1.29 is 26.7 Å². The molecule has 0 aliphatic rings. The number of carbonyl (C=O) groups is 1. The van der Waals surface area contributed by atoms with Gasteiger partial charge >= 0.3 is 18.1 Å². The van der Waals surface area contributed by atoms with E-state index in [1.807, 2.05) is 0 Å². The average Bonchev–Trinajstić information content (AvgIpc) is 3.24. The summed E-state index contributed by atoms with van der Waals surface area (Å²) in [5.41, 5.74) is -1.94. The molecule has 0 radical (unpaired) electrons. The quantitative estimate of drug-likeness (QED) is 0.661. The molecule has 0 atom stereocenters. The molecule has 3 rings (SSSR count). The van der Waals surface area contributed by atoms with E-state index >= 15 is 0 Å². The summed E-state index contributed by atoms with van der Waals surface area (Å²) in [5.74, 6) is -5.28. The first-order chi connectivity index (χ1) is 12.2. The van der Waals surface area contributed by atoms with Crippen LogP contribution >= 0.6 is 0 Å². The van der Waals surface area contributed by atoms with Crippen molar-refractivity contribution in [2.45, 2.75) is 18.5 Å². The van der Waals surface area contributed by atoms with Crippen LogP contribution in [0.3, 0.4) is 0 Å². The van der Waals surface area contributed by atoms with Crippen molar-refractivity contribution in [1.82, 2.24) is 30.0 Å². The number of aromatic nitrogens is 6. The second-order valence-corrected chi connectivity index (χ2v) is 5.16. The van der Waals surface area contributed by atoms with Crippen molar-refractivity contribution in [3.8, 4) is 0 Å². The Hall–Kier alpha value is -3.18. The lowest BCUT2D eigenvalue weighted by Crippen LogP contribution is -2.35. The van der Waals surface area contributed by atoms with Crippen LogP contribution in [0.2, 0.25) is 0 Å². The fourth-order valence-electron chi connectivity index (χ4n) is 2.19. The third kappa shape index (κ3) is 3.05. The van der Waals surface area contributed by atoms with Crippen molar-refractivity contribution in [3.05, 3.63) is 59.7 Å². The summed E-state index contributed by atoms with van der Waals surface area (Å²) in [6.07, 6.45) is -4.08. The van der Waals surface area contributed by atoms with Gasteiger partial charge in [-0.3, -0.25) is 0 Å². The minimum absolute atomic E-state index is 0.358. The van der Waals surface area contributed by atoms with Crippen molar-refractivity contribution in [2.24, 2.45) is 0 Å². The number of nitrogens with zero attached hydrogens (tertiary/aromatic N) is 6. The van der Waals surface area contributed by atoms with Crippen molar-refractivity contribution in [1.29, 1.82) is 0 Å². The van der Waals surface area contributed by atoms with E-state index in [2.05, 4.69) is 20.6 Å². The van der Waals surface area contributed by atoms with E-state index in [0.29, 0.717) is 14.9 Å². The van der Waals surface area contributed by atoms with Crippen LogP contribution in [0.25, 0.3) is 0 Å². The highest BCUT2D eigenvalue weighted by molar-refractivity contribution is 5.78. The maximum atomic E-state index is 13.9. The molecule has 0 aliphatic heterocycles. The molecule has 0 saturated heterocycles. The van der Waals surface area contributed by atoms with Gasteiger partial charge in [-0.05, 0) is 5.56 Å². The molecule has 0 N–H and O–H groups in total. The number of benzene rings is 1. The summed E-state index contributed by atoms with van der Waals surface area (Å²) in [5, 5.41) is 12.9. The average molecular weight is 372 g/mol. The van der Waals surface area contributed by atoms with E-state index in [1.165, 1.54) is 12.1 Å². The lowest BCUT2D eigenvalue weighted by Gasteiger charge is -2.18. The fraction of sp³-hybridized carbons (Fsp3) is 0.214. The Balaban J connectivity index is 2.12. The maximum Gasteiger partial charge on any atom is 0.459 e. The first kappa shape index (κ1) is 17.6. The smallest absolute Gasteiger partial charge is 0.243 e. The molecular formula is C14H9F5N6O. The summed E-state index contributed by atoms with van der Waals surface area (Å²) in [6.45, 7) is 0. The molecule has 1 aromatic carbocycles. The number of halogens is 5. The monoisotopic (exact) mass is 372 g/mol. The van der Waals surface area contributed by atoms with Gasteiger partial charge in [-0.1, -0.05) is 40.8 Å². The molecule has 0 spiro atoms. The van der Waals surface area contributed by atoms with Gasteiger partial charge in [-0.2, -0.15) is 31.3 Å². The molecule has 136 valence electrons. The van der Waals surface area contributed by atoms with Crippen LogP contribution in [0, 0.1) is 0 Å². The van der Waals surface area contributed by atoms with E-state index in [0.717, 1.165) is 12.4 Å². The molecule has 7 nitrogen and oxygen atoms in total. The third-order valence-electron chi connectivity index (χ3n) is 3.43. The summed E-state index contributed by atoms with van der Waals surface area (Å²) in [6, 6.07) is 6.71. The van der Waals surface area contributed by atoms with Crippen molar-refractivity contribution in [2.75, 3.05) is 0 Å². The summed E-state index contributed by atoms with van der Waals surface area (Å²) >= 11 is 0. The highest BCUT2D eigenvalue weighted by Crippen LogP contribution is 2.44. The van der Waals surface area contributed by atoms with E-state index < -0.39 is 35.9 Å². The Morgan fingerprint density at radius 1 is 1.04 bits per heavy atom. The van der Waals surface area contributed by atoms with E-state index in [1.54, 1.807) is 18.2 Å². The second-order valence-electron chi connectivity index (χ2n) is 5.16. The highest BCUT2D eigenvalue weighted by Gasteiger charge is 2.62. The van der Waals surface area contributed by atoms with Crippen LogP contribution in [0.4, 0.5) is 26.7 Å². The van der Waals surface area contributed by atoms with Crippen molar-refractivity contribution in [3.63, 3.8) is 0 Å². The molecule has 0 bridgehead atoms. The van der Waals surface area contributed by atoms with Crippen LogP contribution < -0.4 is 0 Å². The van der Waals surface area contributed by atoms with Crippen LogP contribution in [0.15, 0.2) is 42.7 Å². The molecule has 0 aliphatic carbocycles. The van der Waals surface area contributed by atoms with Crippen LogP contribution in [0.1, 0.15) is 17.0 Å². The van der Waals surface area contributed by atoms with Crippen LogP contribution in [-0.2, 0) is 12.3 Å². The zero-order valence-electron chi connectivity index (χ0n) is 12.7. The predicted molar refractivity (Wildman–Crippen MR) is 75.4 cm³/mol. The number of rotatable bonds is 3. The molecule has 2 aromatic heterocycles. The van der Waals surface area contributed by atoms with E-state index in [4.69, 9.17) is 0 Å². The molecule has 0 fully saturated rings. The number of alkyl halides is 5. The largest absolute Gasteiger partial charge is 0.459 e. The van der Waals surface area contributed by atoms with E-state index in [-0.39, 0.29) is 0 Å². The Morgan fingerprint density at radius 3 is 2.31 bits per heavy atom. The predicted octanol–water partition coefficient (Wildman–Crippen LogP) is 2.63. The zero-order valence-corrected chi connectivity index (χ0v) is 12.7. The Morgan fingerprint density at radius 2 is 1.73 bits per heavy atom. The molecule has 0 unspecified atom stereocenters. The standard InChI is InChI=1S/C14H9F5N6O/c15-13(16,14(17,18)19)11-10(8-9-4-2-1-3-5-9)25(23-21-11)12(26)24-7-6-20-22-24/h1-7H,8H2. The lowest BCUT2D eigenvalue weighted by molar-refractivity contribution is -0.291. The number of carbonyl (C=O) groups excluding carboxylic acids is 1. The highest BCUT2D eigenvalue weighted by atomic mass is 19.4. The first-order valence-corrected chi connectivity index (χ1v) is 7.06. The van der Waals surface area contributed by atoms with Gasteiger partial charge in [0, 0.05) is 6.42 Å². The lowest BCUT2D eigenvalue weighted by atomic mass is 10.1. The molecule has 2 heterocycles. The van der Waals surface area contributed by atoms with Gasteiger partial charge in [-0.15, -0.1) is 10.2 Å². The molecule has 12 heteroatoms. The zero-order chi connectivity index (χ0) is 18.9. The molecule has 0 saturated carbocycles. The first-order valence-electron chi connectivity index (χ1n) is 7.06. The maximum absolute atomic E-state index is 13.9. The van der Waals surface area contributed by atoms with E-state index in [9.17, 15) is 26.7 Å².